The Morgan fingerprint density at radius 3 is 1.10 bits per heavy atom. The van der Waals surface area contributed by atoms with Gasteiger partial charge in [-0.2, -0.15) is 0 Å². The van der Waals surface area contributed by atoms with E-state index in [1.54, 1.807) is 0 Å². The first-order valence-corrected chi connectivity index (χ1v) is 13.7. The van der Waals surface area contributed by atoms with Gasteiger partial charge in [-0.3, -0.25) is 0 Å². The van der Waals surface area contributed by atoms with Crippen LogP contribution in [0.4, 0.5) is 0 Å². The van der Waals surface area contributed by atoms with Gasteiger partial charge in [-0.1, -0.05) is 114 Å². The Bertz CT molecular complexity index is 346. The van der Waals surface area contributed by atoms with Crippen molar-refractivity contribution < 1.29 is 0 Å². The van der Waals surface area contributed by atoms with E-state index in [9.17, 15) is 0 Å². The van der Waals surface area contributed by atoms with Crippen molar-refractivity contribution in [1.29, 1.82) is 0 Å². The van der Waals surface area contributed by atoms with Gasteiger partial charge in [0.2, 0.25) is 0 Å². The third-order valence-corrected chi connectivity index (χ3v) is 7.40. The lowest BCUT2D eigenvalue weighted by Crippen LogP contribution is -2.10. The zero-order valence-corrected chi connectivity index (χ0v) is 22.2. The predicted octanol–water partition coefficient (Wildman–Crippen LogP) is 10.6. The third-order valence-electron chi connectivity index (χ3n) is 7.40. The van der Waals surface area contributed by atoms with Crippen LogP contribution in [0.25, 0.3) is 0 Å². The van der Waals surface area contributed by atoms with Crippen molar-refractivity contribution in [1.82, 2.24) is 0 Å². The first kappa shape index (κ1) is 29.0. The summed E-state index contributed by atoms with van der Waals surface area (Å²) in [5.74, 6) is 6.38. The van der Waals surface area contributed by atoms with Gasteiger partial charge in [0, 0.05) is 0 Å². The average molecular weight is 409 g/mol. The van der Waals surface area contributed by atoms with Gasteiger partial charge in [0.25, 0.3) is 0 Å². The fourth-order valence-electron chi connectivity index (χ4n) is 5.90. The Balaban J connectivity index is 3.78. The number of hydrogen-bond acceptors (Lipinski definition) is 0. The van der Waals surface area contributed by atoms with Gasteiger partial charge in [0.15, 0.2) is 0 Å². The summed E-state index contributed by atoms with van der Waals surface area (Å²) >= 11 is 0. The maximum absolute atomic E-state index is 2.50. The Morgan fingerprint density at radius 1 is 0.379 bits per heavy atom. The highest BCUT2D eigenvalue weighted by Crippen LogP contribution is 2.28. The van der Waals surface area contributed by atoms with Crippen molar-refractivity contribution in [2.75, 3.05) is 0 Å². The zero-order valence-electron chi connectivity index (χ0n) is 22.2. The van der Waals surface area contributed by atoms with Crippen molar-refractivity contribution >= 4 is 0 Å². The molecule has 7 unspecified atom stereocenters. The van der Waals surface area contributed by atoms with Gasteiger partial charge in [0.05, 0.1) is 0 Å². The van der Waals surface area contributed by atoms with E-state index in [0.29, 0.717) is 0 Å². The fraction of sp³-hybridized carbons (Fsp3) is 1.00. The summed E-state index contributed by atoms with van der Waals surface area (Å²) in [6.45, 7) is 21.9. The fourth-order valence-corrected chi connectivity index (χ4v) is 5.90. The predicted molar refractivity (Wildman–Crippen MR) is 136 cm³/mol. The molecule has 0 nitrogen and oxygen atoms in total. The molecule has 0 bridgehead atoms. The number of rotatable bonds is 19. The molecule has 29 heavy (non-hydrogen) atoms. The van der Waals surface area contributed by atoms with Crippen molar-refractivity contribution in [3.8, 4) is 0 Å². The van der Waals surface area contributed by atoms with Gasteiger partial charge < -0.3 is 0 Å². The lowest BCUT2D eigenvalue weighted by Gasteiger charge is -2.23. The molecule has 0 heteroatoms. The van der Waals surface area contributed by atoms with Gasteiger partial charge in [-0.15, -0.1) is 0 Å². The second kappa shape index (κ2) is 17.7. The third kappa shape index (κ3) is 17.4. The molecule has 0 aliphatic carbocycles. The Labute approximate surface area is 187 Å². The second-order valence-corrected chi connectivity index (χ2v) is 11.7. The molecule has 176 valence electrons. The zero-order chi connectivity index (χ0) is 22.2. The van der Waals surface area contributed by atoms with E-state index in [1.165, 1.54) is 83.5 Å². The number of hydrogen-bond donors (Lipinski definition) is 0. The van der Waals surface area contributed by atoms with E-state index in [4.69, 9.17) is 0 Å². The van der Waals surface area contributed by atoms with E-state index in [0.717, 1.165) is 41.4 Å². The quantitative estimate of drug-likeness (QED) is 0.186. The summed E-state index contributed by atoms with van der Waals surface area (Å²) < 4.78 is 0. The van der Waals surface area contributed by atoms with Gasteiger partial charge in [-0.25, -0.2) is 0 Å². The average Bonchev–Trinajstić information content (AvgIpc) is 2.60. The minimum atomic E-state index is 0.904. The topological polar surface area (TPSA) is 0 Å². The Morgan fingerprint density at radius 2 is 0.724 bits per heavy atom. The smallest absolute Gasteiger partial charge is 0.0438 e. The highest BCUT2D eigenvalue weighted by Gasteiger charge is 2.15. The van der Waals surface area contributed by atoms with E-state index >= 15 is 0 Å². The molecule has 0 saturated heterocycles. The second-order valence-electron chi connectivity index (χ2n) is 11.7. The first-order valence-electron chi connectivity index (χ1n) is 13.7. The molecule has 0 saturated carbocycles. The normalized spacial score (nSPS) is 19.3. The molecule has 0 aromatic rings. The summed E-state index contributed by atoms with van der Waals surface area (Å²) in [4.78, 5) is 0. The lowest BCUT2D eigenvalue weighted by molar-refractivity contribution is 0.292. The highest BCUT2D eigenvalue weighted by molar-refractivity contribution is 4.67. The van der Waals surface area contributed by atoms with Crippen LogP contribution in [-0.4, -0.2) is 0 Å². The van der Waals surface area contributed by atoms with Crippen LogP contribution in [0.3, 0.4) is 0 Å². The molecule has 0 fully saturated rings. The van der Waals surface area contributed by atoms with Crippen molar-refractivity contribution in [2.24, 2.45) is 41.4 Å². The molecule has 7 atom stereocenters. The minimum Gasteiger partial charge on any atom is -0.0654 e. The van der Waals surface area contributed by atoms with Crippen LogP contribution < -0.4 is 0 Å². The minimum absolute atomic E-state index is 0.904. The Hall–Kier alpha value is 0. The van der Waals surface area contributed by atoms with Crippen LogP contribution in [-0.2, 0) is 0 Å². The van der Waals surface area contributed by atoms with E-state index in [1.807, 2.05) is 0 Å². The molecule has 0 aliphatic heterocycles. The van der Waals surface area contributed by atoms with Crippen LogP contribution in [0.1, 0.15) is 146 Å². The lowest BCUT2D eigenvalue weighted by atomic mass is 9.83. The first-order chi connectivity index (χ1) is 13.7. The van der Waals surface area contributed by atoms with Crippen molar-refractivity contribution in [3.63, 3.8) is 0 Å². The molecule has 0 radical (unpaired) electrons. The van der Waals surface area contributed by atoms with Crippen LogP contribution in [0.5, 0.6) is 0 Å². The Kier molecular flexibility index (Phi) is 17.7. The molecule has 0 rings (SSSR count). The van der Waals surface area contributed by atoms with Crippen molar-refractivity contribution in [3.05, 3.63) is 0 Å². The monoisotopic (exact) mass is 408 g/mol. The molecule has 0 heterocycles. The maximum atomic E-state index is 2.50. The van der Waals surface area contributed by atoms with Gasteiger partial charge >= 0.3 is 0 Å². The standard InChI is InChI=1S/C29H60/c1-10-15-24(4)19-28(8)22-29(9)21-26(6)17-14-12-13-16-25(5)20-27(7)18-23(3)11-2/h23-29H,10-22H2,1-9H3. The molecule has 0 aliphatic rings. The van der Waals surface area contributed by atoms with Crippen molar-refractivity contribution in [2.45, 2.75) is 146 Å². The summed E-state index contributed by atoms with van der Waals surface area (Å²) in [6, 6.07) is 0. The number of unbranched alkanes of at least 4 members (excludes halogenated alkanes) is 2. The van der Waals surface area contributed by atoms with Gasteiger partial charge in [0.1, 0.15) is 0 Å². The highest BCUT2D eigenvalue weighted by atomic mass is 14.2. The summed E-state index contributed by atoms with van der Waals surface area (Å²) in [5, 5.41) is 0. The molecule has 0 spiro atoms. The molecular weight excluding hydrogens is 348 g/mol. The summed E-state index contributed by atoms with van der Waals surface area (Å²) in [6.07, 6.45) is 18.5. The molecule has 0 amide bonds. The van der Waals surface area contributed by atoms with Crippen LogP contribution in [0.15, 0.2) is 0 Å². The SMILES string of the molecule is CCCC(C)CC(C)CC(C)CC(C)CCCCCC(C)CC(C)CC(C)CC. The molecular formula is C29H60. The summed E-state index contributed by atoms with van der Waals surface area (Å²) in [7, 11) is 0. The molecule has 0 aromatic carbocycles. The van der Waals surface area contributed by atoms with E-state index < -0.39 is 0 Å². The van der Waals surface area contributed by atoms with E-state index in [-0.39, 0.29) is 0 Å². The largest absolute Gasteiger partial charge is 0.0654 e. The summed E-state index contributed by atoms with van der Waals surface area (Å²) in [5.41, 5.74) is 0. The van der Waals surface area contributed by atoms with E-state index in [2.05, 4.69) is 62.3 Å². The maximum Gasteiger partial charge on any atom is -0.0438 e. The molecule has 0 N–H and O–H groups in total. The van der Waals surface area contributed by atoms with Crippen LogP contribution in [0.2, 0.25) is 0 Å². The van der Waals surface area contributed by atoms with Gasteiger partial charge in [-0.05, 0) is 73.5 Å². The molecule has 0 aromatic heterocycles. The van der Waals surface area contributed by atoms with Crippen LogP contribution >= 0.6 is 0 Å². The van der Waals surface area contributed by atoms with Crippen LogP contribution in [0, 0.1) is 41.4 Å².